The number of rotatable bonds is 6. The third kappa shape index (κ3) is 4.95. The smallest absolute Gasteiger partial charge is 0.241 e. The molecular formula is C19H29N5O2S. The van der Waals surface area contributed by atoms with E-state index in [1.807, 2.05) is 6.07 Å². The van der Waals surface area contributed by atoms with Crippen molar-refractivity contribution in [3.8, 4) is 0 Å². The molecule has 1 saturated heterocycles. The van der Waals surface area contributed by atoms with E-state index in [2.05, 4.69) is 53.4 Å². The van der Waals surface area contributed by atoms with Gasteiger partial charge in [0.25, 0.3) is 0 Å². The maximum absolute atomic E-state index is 11.8. The molecule has 8 heteroatoms. The molecule has 1 unspecified atom stereocenters. The highest BCUT2D eigenvalue weighted by Crippen LogP contribution is 2.30. The van der Waals surface area contributed by atoms with E-state index in [0.29, 0.717) is 12.2 Å². The number of likely N-dealkylation sites (tertiary alicyclic amines) is 1. The summed E-state index contributed by atoms with van der Waals surface area (Å²) in [4.78, 5) is 2.57. The number of benzene rings is 1. The average molecular weight is 392 g/mol. The van der Waals surface area contributed by atoms with Gasteiger partial charge in [0, 0.05) is 45.5 Å². The van der Waals surface area contributed by atoms with Gasteiger partial charge >= 0.3 is 0 Å². The lowest BCUT2D eigenvalue weighted by Crippen LogP contribution is -2.53. The number of hydrogen-bond donors (Lipinski definition) is 2. The molecule has 2 heterocycles. The minimum Gasteiger partial charge on any atom is -0.308 e. The summed E-state index contributed by atoms with van der Waals surface area (Å²) in [6.07, 6.45) is 2.46. The van der Waals surface area contributed by atoms with Crippen LogP contribution in [-0.4, -0.2) is 42.2 Å². The first-order valence-corrected chi connectivity index (χ1v) is 10.7. The molecule has 0 bridgehead atoms. The lowest BCUT2D eigenvalue weighted by molar-refractivity contribution is 0.0716. The van der Waals surface area contributed by atoms with Crippen LogP contribution in [-0.2, 0) is 30.2 Å². The number of nitrogens with two attached hydrogens (primary N) is 1. The fourth-order valence-electron chi connectivity index (χ4n) is 3.92. The highest BCUT2D eigenvalue weighted by Gasteiger charge is 2.35. The van der Waals surface area contributed by atoms with Gasteiger partial charge in [-0.15, -0.1) is 0 Å². The van der Waals surface area contributed by atoms with Crippen LogP contribution in [0.15, 0.2) is 41.4 Å². The lowest BCUT2D eigenvalue weighted by Gasteiger charge is -2.44. The van der Waals surface area contributed by atoms with E-state index in [1.165, 1.54) is 16.4 Å². The zero-order chi connectivity index (χ0) is 19.7. The van der Waals surface area contributed by atoms with Gasteiger partial charge in [0.05, 0.1) is 5.69 Å². The van der Waals surface area contributed by atoms with Gasteiger partial charge in [-0.1, -0.05) is 44.2 Å². The van der Waals surface area contributed by atoms with E-state index in [-0.39, 0.29) is 16.4 Å². The molecular weight excluding hydrogens is 362 g/mol. The predicted octanol–water partition coefficient (Wildman–Crippen LogP) is 1.46. The quantitative estimate of drug-likeness (QED) is 0.778. The van der Waals surface area contributed by atoms with Crippen molar-refractivity contribution in [3.63, 3.8) is 0 Å². The first-order valence-electron chi connectivity index (χ1n) is 9.20. The summed E-state index contributed by atoms with van der Waals surface area (Å²) in [5, 5.41) is 13.1. The number of piperidine rings is 1. The van der Waals surface area contributed by atoms with E-state index in [0.717, 1.165) is 26.1 Å². The average Bonchev–Trinajstić information content (AvgIpc) is 2.95. The number of primary sulfonamides is 1. The molecule has 0 aliphatic carbocycles. The second-order valence-corrected chi connectivity index (χ2v) is 9.60. The van der Waals surface area contributed by atoms with Crippen LogP contribution < -0.4 is 10.5 Å². The van der Waals surface area contributed by atoms with Crippen LogP contribution in [0, 0.1) is 5.41 Å². The normalized spacial score (nSPS) is 20.7. The summed E-state index contributed by atoms with van der Waals surface area (Å²) < 4.78 is 25.0. The SMILES string of the molecule is Cn1cc(S(N)(=O)=O)c(CNC2CCN(Cc3ccccc3)CC2(C)C)n1. The van der Waals surface area contributed by atoms with Gasteiger partial charge in [0.15, 0.2) is 0 Å². The Labute approximate surface area is 161 Å². The Morgan fingerprint density at radius 1 is 1.30 bits per heavy atom. The Morgan fingerprint density at radius 3 is 2.63 bits per heavy atom. The molecule has 0 amide bonds. The lowest BCUT2D eigenvalue weighted by atomic mass is 9.79. The van der Waals surface area contributed by atoms with Crippen molar-refractivity contribution < 1.29 is 8.42 Å². The van der Waals surface area contributed by atoms with Gasteiger partial charge in [-0.05, 0) is 17.4 Å². The highest BCUT2D eigenvalue weighted by molar-refractivity contribution is 7.89. The Kier molecular flexibility index (Phi) is 5.71. The maximum Gasteiger partial charge on any atom is 0.241 e. The summed E-state index contributed by atoms with van der Waals surface area (Å²) in [6, 6.07) is 10.8. The van der Waals surface area contributed by atoms with E-state index in [9.17, 15) is 8.42 Å². The van der Waals surface area contributed by atoms with Crippen LogP contribution in [0.4, 0.5) is 0 Å². The van der Waals surface area contributed by atoms with Crippen molar-refractivity contribution in [2.24, 2.45) is 17.6 Å². The van der Waals surface area contributed by atoms with Crippen molar-refractivity contribution in [1.82, 2.24) is 20.0 Å². The number of sulfonamides is 1. The molecule has 1 atom stereocenters. The fraction of sp³-hybridized carbons (Fsp3) is 0.526. The van der Waals surface area contributed by atoms with E-state index in [4.69, 9.17) is 5.14 Å². The molecule has 148 valence electrons. The van der Waals surface area contributed by atoms with Crippen LogP contribution in [0.5, 0.6) is 0 Å². The largest absolute Gasteiger partial charge is 0.308 e. The molecule has 1 aliphatic rings. The van der Waals surface area contributed by atoms with Crippen molar-refractivity contribution in [2.45, 2.75) is 44.3 Å². The van der Waals surface area contributed by atoms with Crippen LogP contribution in [0.25, 0.3) is 0 Å². The van der Waals surface area contributed by atoms with Gasteiger partial charge in [0.1, 0.15) is 4.90 Å². The second kappa shape index (κ2) is 7.71. The van der Waals surface area contributed by atoms with Gasteiger partial charge in [-0.3, -0.25) is 9.58 Å². The van der Waals surface area contributed by atoms with Gasteiger partial charge < -0.3 is 5.32 Å². The van der Waals surface area contributed by atoms with Crippen LogP contribution >= 0.6 is 0 Å². The Balaban J connectivity index is 1.63. The molecule has 27 heavy (non-hydrogen) atoms. The van der Waals surface area contributed by atoms with Crippen LogP contribution in [0.3, 0.4) is 0 Å². The number of aromatic nitrogens is 2. The topological polar surface area (TPSA) is 93.2 Å². The summed E-state index contributed by atoms with van der Waals surface area (Å²) in [5.74, 6) is 0. The first-order chi connectivity index (χ1) is 12.6. The highest BCUT2D eigenvalue weighted by atomic mass is 32.2. The molecule has 3 rings (SSSR count). The molecule has 0 spiro atoms. The van der Waals surface area contributed by atoms with Crippen molar-refractivity contribution >= 4 is 10.0 Å². The van der Waals surface area contributed by atoms with Gasteiger partial charge in [0.2, 0.25) is 10.0 Å². The monoisotopic (exact) mass is 391 g/mol. The summed E-state index contributed by atoms with van der Waals surface area (Å²) in [7, 11) is -2.07. The molecule has 1 aromatic carbocycles. The number of aryl methyl sites for hydroxylation is 1. The summed E-state index contributed by atoms with van der Waals surface area (Å²) in [6.45, 7) is 7.82. The van der Waals surface area contributed by atoms with Crippen LogP contribution in [0.2, 0.25) is 0 Å². The maximum atomic E-state index is 11.8. The zero-order valence-corrected chi connectivity index (χ0v) is 17.0. The van der Waals surface area contributed by atoms with Crippen molar-refractivity contribution in [2.75, 3.05) is 13.1 Å². The van der Waals surface area contributed by atoms with Crippen molar-refractivity contribution in [3.05, 3.63) is 47.8 Å². The van der Waals surface area contributed by atoms with Gasteiger partial charge in [-0.2, -0.15) is 5.10 Å². The zero-order valence-electron chi connectivity index (χ0n) is 16.2. The summed E-state index contributed by atoms with van der Waals surface area (Å²) in [5.41, 5.74) is 1.86. The predicted molar refractivity (Wildman–Crippen MR) is 105 cm³/mol. The Bertz CT molecular complexity index is 877. The molecule has 7 nitrogen and oxygen atoms in total. The Hall–Kier alpha value is -1.74. The first kappa shape index (κ1) is 20.0. The Morgan fingerprint density at radius 2 is 2.00 bits per heavy atom. The van der Waals surface area contributed by atoms with Gasteiger partial charge in [-0.25, -0.2) is 13.6 Å². The summed E-state index contributed by atoms with van der Waals surface area (Å²) >= 11 is 0. The van der Waals surface area contributed by atoms with Crippen molar-refractivity contribution in [1.29, 1.82) is 0 Å². The molecule has 0 radical (unpaired) electrons. The molecule has 0 saturated carbocycles. The minimum absolute atomic E-state index is 0.0591. The molecule has 1 fully saturated rings. The fourth-order valence-corrected chi connectivity index (χ4v) is 4.66. The third-order valence-corrected chi connectivity index (χ3v) is 6.20. The number of nitrogens with one attached hydrogen (secondary N) is 1. The minimum atomic E-state index is -3.77. The molecule has 3 N–H and O–H groups in total. The second-order valence-electron chi connectivity index (χ2n) is 8.07. The standard InChI is InChI=1S/C19H29N5O2S/c1-19(2)14-24(12-15-7-5-4-6-8-15)10-9-18(19)21-11-16-17(27(20,25)26)13-23(3)22-16/h4-8,13,18,21H,9-12,14H2,1-3H3,(H2,20,25,26). The number of nitrogens with zero attached hydrogens (tertiary/aromatic N) is 3. The van der Waals surface area contributed by atoms with E-state index >= 15 is 0 Å². The van der Waals surface area contributed by atoms with E-state index < -0.39 is 10.0 Å². The third-order valence-electron chi connectivity index (χ3n) is 5.25. The molecule has 1 aliphatic heterocycles. The number of hydrogen-bond acceptors (Lipinski definition) is 5. The molecule has 2 aromatic rings. The molecule has 1 aromatic heterocycles. The van der Waals surface area contributed by atoms with E-state index in [1.54, 1.807) is 7.05 Å². The van der Waals surface area contributed by atoms with Crippen LogP contribution in [0.1, 0.15) is 31.5 Å².